The van der Waals surface area contributed by atoms with E-state index in [9.17, 15) is 43.8 Å². The summed E-state index contributed by atoms with van der Waals surface area (Å²) in [5.41, 5.74) is 6.95. The highest BCUT2D eigenvalue weighted by Crippen LogP contribution is 2.22. The molecule has 1 aromatic carbocycles. The Morgan fingerprint density at radius 1 is 0.909 bits per heavy atom. The molecule has 1 aliphatic rings. The van der Waals surface area contributed by atoms with Gasteiger partial charge >= 0.3 is 5.97 Å². The quantitative estimate of drug-likeness (QED) is 0.0787. The molecule has 2 aromatic rings. The van der Waals surface area contributed by atoms with E-state index in [-0.39, 0.29) is 38.3 Å². The van der Waals surface area contributed by atoms with Gasteiger partial charge < -0.3 is 52.4 Å². The molecular weight excluding hydrogens is 733 g/mol. The highest BCUT2D eigenvalue weighted by atomic mass is 32.2. The smallest absolute Gasteiger partial charge is 0.326 e. The first kappa shape index (κ1) is 44.7. The van der Waals surface area contributed by atoms with Crippen LogP contribution in [0.25, 0.3) is 10.9 Å². The third-order valence-corrected chi connectivity index (χ3v) is 10.0. The number of aliphatic hydroxyl groups excluding tert-OH is 1. The van der Waals surface area contributed by atoms with Crippen LogP contribution in [0, 0.1) is 11.8 Å². The number of aromatic amines is 1. The van der Waals surface area contributed by atoms with Crippen LogP contribution >= 0.6 is 11.8 Å². The van der Waals surface area contributed by atoms with Crippen LogP contribution in [0.2, 0.25) is 0 Å². The summed E-state index contributed by atoms with van der Waals surface area (Å²) in [6.45, 7) is 6.01. The summed E-state index contributed by atoms with van der Waals surface area (Å²) in [4.78, 5) is 96.7. The predicted octanol–water partition coefficient (Wildman–Crippen LogP) is -0.384. The molecule has 1 aromatic heterocycles. The van der Waals surface area contributed by atoms with Crippen LogP contribution in [-0.4, -0.2) is 129 Å². The first-order valence-corrected chi connectivity index (χ1v) is 19.9. The number of likely N-dealkylation sites (tertiary alicyclic amines) is 1. The molecule has 10 N–H and O–H groups in total. The number of nitrogens with one attached hydrogen (secondary N) is 6. The van der Waals surface area contributed by atoms with Crippen LogP contribution in [0.5, 0.6) is 0 Å². The van der Waals surface area contributed by atoms with Gasteiger partial charge in [-0.1, -0.05) is 45.9 Å². The zero-order valence-electron chi connectivity index (χ0n) is 32.1. The first-order valence-electron chi connectivity index (χ1n) is 18.5. The van der Waals surface area contributed by atoms with Gasteiger partial charge in [-0.3, -0.25) is 28.8 Å². The average molecular weight is 789 g/mol. The van der Waals surface area contributed by atoms with E-state index < -0.39 is 90.2 Å². The number of carboxylic acid groups (broad SMARTS) is 1. The Morgan fingerprint density at radius 2 is 1.55 bits per heavy atom. The molecule has 55 heavy (non-hydrogen) atoms. The SMILES string of the molecule is CSCC[C@H](NC(=O)CN)C(=O)N[C@@H](Cc1c[nH]c2ccccc12)C(=O)N[C@@H](CO)C(=O)N[C@@H](CC(C)C)C(=O)N1CCC[C@H]1C(=O)N[C@H](C(=O)O)C(C)C. The minimum absolute atomic E-state index is 0.0200. The number of H-pyrrole nitrogens is 1. The van der Waals surface area contributed by atoms with Gasteiger partial charge in [-0.05, 0) is 61.2 Å². The Kier molecular flexibility index (Phi) is 17.4. The molecule has 1 saturated heterocycles. The second kappa shape index (κ2) is 21.4. The van der Waals surface area contributed by atoms with E-state index in [1.54, 1.807) is 20.0 Å². The number of nitrogens with two attached hydrogens (primary N) is 1. The Bertz CT molecular complexity index is 1670. The van der Waals surface area contributed by atoms with Crippen molar-refractivity contribution in [3.8, 4) is 0 Å². The zero-order chi connectivity index (χ0) is 40.8. The van der Waals surface area contributed by atoms with Crippen molar-refractivity contribution in [1.29, 1.82) is 0 Å². The third-order valence-electron chi connectivity index (χ3n) is 9.39. The zero-order valence-corrected chi connectivity index (χ0v) is 32.9. The fraction of sp³-hybridized carbons (Fsp3) is 0.595. The standard InChI is InChI=1S/C37H56N8O9S/c1-20(2)15-27(36(52)45-13-8-11-29(45)35(51)44-31(21(3)4)37(53)54)42-34(50)28(19-46)43-33(49)26(16-22-18-39-24-10-7-6-9-23(22)24)41-32(48)25(12-14-55-5)40-30(47)17-38/h6-7,9-10,18,20-21,25-29,31,39,46H,8,11-17,19,38H2,1-5H3,(H,40,47)(H,41,48)(H,42,50)(H,43,49)(H,44,51)(H,53,54)/t25-,26-,27-,28-,29-,31-/m0/s1. The van der Waals surface area contributed by atoms with E-state index in [0.29, 0.717) is 24.2 Å². The molecule has 0 bridgehead atoms. The molecule has 0 aliphatic carbocycles. The van der Waals surface area contributed by atoms with Crippen molar-refractivity contribution in [3.05, 3.63) is 36.0 Å². The molecule has 0 unspecified atom stereocenters. The number of thioether (sulfide) groups is 1. The second-order valence-corrected chi connectivity index (χ2v) is 15.4. The van der Waals surface area contributed by atoms with E-state index in [1.807, 2.05) is 44.4 Å². The van der Waals surface area contributed by atoms with Gasteiger partial charge in [0.05, 0.1) is 13.2 Å². The summed E-state index contributed by atoms with van der Waals surface area (Å²) >= 11 is 1.46. The molecule has 2 heterocycles. The number of carboxylic acids is 1. The lowest BCUT2D eigenvalue weighted by Gasteiger charge is -2.31. The predicted molar refractivity (Wildman–Crippen MR) is 207 cm³/mol. The molecule has 0 spiro atoms. The average Bonchev–Trinajstić information content (AvgIpc) is 3.80. The van der Waals surface area contributed by atoms with Crippen molar-refractivity contribution in [2.24, 2.45) is 17.6 Å². The van der Waals surface area contributed by atoms with Crippen LogP contribution in [0.1, 0.15) is 58.9 Å². The van der Waals surface area contributed by atoms with Gasteiger partial charge in [0, 0.05) is 30.1 Å². The monoisotopic (exact) mass is 788 g/mol. The topological polar surface area (TPSA) is 265 Å². The maximum atomic E-state index is 13.9. The van der Waals surface area contributed by atoms with Crippen molar-refractivity contribution in [1.82, 2.24) is 36.5 Å². The molecule has 1 fully saturated rings. The maximum absolute atomic E-state index is 13.9. The normalized spacial score (nSPS) is 16.9. The molecule has 3 rings (SSSR count). The van der Waals surface area contributed by atoms with Crippen molar-refractivity contribution < 1.29 is 43.8 Å². The number of carbonyl (C=O) groups is 7. The number of benzene rings is 1. The summed E-state index contributed by atoms with van der Waals surface area (Å²) in [6, 6.07) is 0.313. The Morgan fingerprint density at radius 3 is 2.16 bits per heavy atom. The van der Waals surface area contributed by atoms with Crippen molar-refractivity contribution in [2.75, 3.05) is 31.7 Å². The molecule has 6 amide bonds. The summed E-state index contributed by atoms with van der Waals surface area (Å²) in [7, 11) is 0. The molecule has 0 radical (unpaired) electrons. The Balaban J connectivity index is 1.83. The number of aromatic nitrogens is 1. The number of aliphatic carboxylic acids is 1. The number of hydrogen-bond acceptors (Lipinski definition) is 10. The number of fused-ring (bicyclic) bond motifs is 1. The van der Waals surface area contributed by atoms with Crippen LogP contribution in [0.15, 0.2) is 30.5 Å². The van der Waals surface area contributed by atoms with E-state index in [1.165, 1.54) is 16.7 Å². The van der Waals surface area contributed by atoms with Crippen molar-refractivity contribution in [2.45, 2.75) is 96.1 Å². The van der Waals surface area contributed by atoms with Gasteiger partial charge in [0.1, 0.15) is 36.3 Å². The lowest BCUT2D eigenvalue weighted by Crippen LogP contribution is -2.60. The maximum Gasteiger partial charge on any atom is 0.326 e. The summed E-state index contributed by atoms with van der Waals surface area (Å²) in [5.74, 6) is -5.21. The molecule has 18 heteroatoms. The number of aliphatic hydroxyl groups is 1. The fourth-order valence-corrected chi connectivity index (χ4v) is 6.93. The van der Waals surface area contributed by atoms with Crippen LogP contribution < -0.4 is 32.3 Å². The Hall–Kier alpha value is -4.68. The number of amides is 6. The molecule has 6 atom stereocenters. The van der Waals surface area contributed by atoms with Crippen molar-refractivity contribution in [3.63, 3.8) is 0 Å². The molecule has 0 saturated carbocycles. The van der Waals surface area contributed by atoms with Gasteiger partial charge in [-0.25, -0.2) is 4.79 Å². The lowest BCUT2D eigenvalue weighted by molar-refractivity contribution is -0.146. The lowest BCUT2D eigenvalue weighted by atomic mass is 10.0. The number of rotatable bonds is 21. The molecule has 17 nitrogen and oxygen atoms in total. The highest BCUT2D eigenvalue weighted by Gasteiger charge is 2.40. The van der Waals surface area contributed by atoms with Crippen LogP contribution in [0.4, 0.5) is 0 Å². The number of carbonyl (C=O) groups excluding carboxylic acids is 6. The second-order valence-electron chi connectivity index (χ2n) is 14.4. The molecule has 1 aliphatic heterocycles. The number of nitrogens with zero attached hydrogens (tertiary/aromatic N) is 1. The van der Waals surface area contributed by atoms with E-state index >= 15 is 0 Å². The fourth-order valence-electron chi connectivity index (χ4n) is 6.46. The summed E-state index contributed by atoms with van der Waals surface area (Å²) in [6.07, 6.45) is 4.73. The largest absolute Gasteiger partial charge is 0.480 e. The minimum atomic E-state index is -1.54. The van der Waals surface area contributed by atoms with E-state index in [4.69, 9.17) is 5.73 Å². The van der Waals surface area contributed by atoms with Gasteiger partial charge in [0.15, 0.2) is 0 Å². The molecular formula is C37H56N8O9S. The third kappa shape index (κ3) is 12.7. The minimum Gasteiger partial charge on any atom is -0.480 e. The number of hydrogen-bond donors (Lipinski definition) is 9. The van der Waals surface area contributed by atoms with Crippen LogP contribution in [-0.2, 0) is 40.0 Å². The van der Waals surface area contributed by atoms with E-state index in [0.717, 1.165) is 10.9 Å². The van der Waals surface area contributed by atoms with E-state index in [2.05, 4.69) is 31.6 Å². The molecule has 304 valence electrons. The van der Waals surface area contributed by atoms with Gasteiger partial charge in [0.25, 0.3) is 0 Å². The van der Waals surface area contributed by atoms with Crippen molar-refractivity contribution >= 4 is 64.1 Å². The Labute approximate surface area is 325 Å². The van der Waals surface area contributed by atoms with Gasteiger partial charge in [0.2, 0.25) is 35.4 Å². The summed E-state index contributed by atoms with van der Waals surface area (Å²) in [5, 5.41) is 33.7. The van der Waals surface area contributed by atoms with Crippen LogP contribution in [0.3, 0.4) is 0 Å². The van der Waals surface area contributed by atoms with Gasteiger partial charge in [-0.15, -0.1) is 0 Å². The number of para-hydroxylation sites is 1. The highest BCUT2D eigenvalue weighted by molar-refractivity contribution is 7.98. The van der Waals surface area contributed by atoms with Gasteiger partial charge in [-0.2, -0.15) is 11.8 Å². The first-order chi connectivity index (χ1) is 26.1. The summed E-state index contributed by atoms with van der Waals surface area (Å²) < 4.78 is 0.